The Kier molecular flexibility index (Phi) is 4.69. The Hall–Kier alpha value is -0.660. The number of methoxy groups -OCH3 is 1. The molecule has 0 bridgehead atoms. The van der Waals surface area contributed by atoms with Gasteiger partial charge in [0.2, 0.25) is 0 Å². The third kappa shape index (κ3) is 3.43. The second-order valence-corrected chi connectivity index (χ2v) is 6.29. The van der Waals surface area contributed by atoms with E-state index in [0.717, 1.165) is 0 Å². The minimum atomic E-state index is -3.02. The number of ether oxygens (including phenoxy) is 1. The zero-order valence-corrected chi connectivity index (χ0v) is 10.00. The van der Waals surface area contributed by atoms with Crippen LogP contribution in [-0.4, -0.2) is 56.8 Å². The van der Waals surface area contributed by atoms with Gasteiger partial charge >= 0.3 is 5.97 Å². The van der Waals surface area contributed by atoms with E-state index >= 15 is 0 Å². The van der Waals surface area contributed by atoms with Gasteiger partial charge < -0.3 is 15.2 Å². The van der Waals surface area contributed by atoms with Crippen LogP contribution in [0.3, 0.4) is 0 Å². The highest BCUT2D eigenvalue weighted by atomic mass is 32.2. The Bertz CT molecular complexity index is 340. The fourth-order valence-electron chi connectivity index (χ4n) is 1.75. The first-order chi connectivity index (χ1) is 7.47. The Morgan fingerprint density at radius 2 is 2.31 bits per heavy atom. The molecule has 0 aromatic carbocycles. The van der Waals surface area contributed by atoms with Crippen LogP contribution in [-0.2, 0) is 19.4 Å². The van der Waals surface area contributed by atoms with Crippen LogP contribution in [0.5, 0.6) is 0 Å². The van der Waals surface area contributed by atoms with Crippen molar-refractivity contribution >= 4 is 15.8 Å². The van der Waals surface area contributed by atoms with Gasteiger partial charge in [-0.1, -0.05) is 0 Å². The van der Waals surface area contributed by atoms with Crippen LogP contribution < -0.4 is 5.32 Å². The molecular weight excluding hydrogens is 234 g/mol. The summed E-state index contributed by atoms with van der Waals surface area (Å²) in [5.41, 5.74) is 0. The molecule has 1 saturated heterocycles. The van der Waals surface area contributed by atoms with Gasteiger partial charge in [0, 0.05) is 13.7 Å². The highest BCUT2D eigenvalue weighted by Crippen LogP contribution is 2.19. The Labute approximate surface area is 94.9 Å². The second-order valence-electron chi connectivity index (χ2n) is 3.89. The quantitative estimate of drug-likeness (QED) is 0.645. The molecule has 0 aromatic heterocycles. The third-order valence-electron chi connectivity index (χ3n) is 2.69. The number of carbonyl (C=O) groups is 1. The number of nitrogens with one attached hydrogen (secondary N) is 1. The van der Waals surface area contributed by atoms with Gasteiger partial charge in [-0.2, -0.15) is 0 Å². The zero-order chi connectivity index (χ0) is 12.2. The molecule has 0 aliphatic carbocycles. The lowest BCUT2D eigenvalue weighted by molar-refractivity contribution is -0.140. The topological polar surface area (TPSA) is 92.7 Å². The summed E-state index contributed by atoms with van der Waals surface area (Å²) in [5, 5.41) is 11.1. The van der Waals surface area contributed by atoms with Crippen molar-refractivity contribution in [1.29, 1.82) is 0 Å². The number of sulfone groups is 1. The van der Waals surface area contributed by atoms with Crippen LogP contribution in [0.2, 0.25) is 0 Å². The molecule has 2 unspecified atom stereocenters. The molecule has 1 aliphatic rings. The Morgan fingerprint density at radius 3 is 2.75 bits per heavy atom. The van der Waals surface area contributed by atoms with E-state index in [9.17, 15) is 13.2 Å². The molecule has 16 heavy (non-hydrogen) atoms. The van der Waals surface area contributed by atoms with Gasteiger partial charge in [0.25, 0.3) is 0 Å². The van der Waals surface area contributed by atoms with Crippen molar-refractivity contribution in [3.8, 4) is 0 Å². The van der Waals surface area contributed by atoms with Gasteiger partial charge in [-0.3, -0.25) is 4.79 Å². The molecule has 6 nitrogen and oxygen atoms in total. The maximum absolute atomic E-state index is 11.5. The SMILES string of the molecule is COCC(NCC1CCCS1(=O)=O)C(=O)O. The number of carboxylic acid groups (broad SMARTS) is 1. The second kappa shape index (κ2) is 5.60. The van der Waals surface area contributed by atoms with Gasteiger partial charge in [0.05, 0.1) is 17.6 Å². The molecule has 2 N–H and O–H groups in total. The molecule has 1 rings (SSSR count). The van der Waals surface area contributed by atoms with Gasteiger partial charge in [-0.15, -0.1) is 0 Å². The fraction of sp³-hybridized carbons (Fsp3) is 0.889. The lowest BCUT2D eigenvalue weighted by atomic mass is 10.2. The predicted molar refractivity (Wildman–Crippen MR) is 58.1 cm³/mol. The van der Waals surface area contributed by atoms with Crippen molar-refractivity contribution < 1.29 is 23.1 Å². The smallest absolute Gasteiger partial charge is 0.323 e. The normalized spacial score (nSPS) is 25.4. The molecule has 94 valence electrons. The number of carboxylic acids is 1. The summed E-state index contributed by atoms with van der Waals surface area (Å²) in [5.74, 6) is -0.821. The first-order valence-corrected chi connectivity index (χ1v) is 6.85. The van der Waals surface area contributed by atoms with Gasteiger partial charge in [-0.25, -0.2) is 8.42 Å². The highest BCUT2D eigenvalue weighted by Gasteiger charge is 2.32. The monoisotopic (exact) mass is 251 g/mol. The van der Waals surface area contributed by atoms with Crippen molar-refractivity contribution in [1.82, 2.24) is 5.32 Å². The van der Waals surface area contributed by atoms with Crippen LogP contribution in [0.4, 0.5) is 0 Å². The molecule has 0 radical (unpaired) electrons. The minimum Gasteiger partial charge on any atom is -0.480 e. The van der Waals surface area contributed by atoms with E-state index in [1.54, 1.807) is 0 Å². The van der Waals surface area contributed by atoms with Crippen LogP contribution in [0.25, 0.3) is 0 Å². The van der Waals surface area contributed by atoms with E-state index in [2.05, 4.69) is 5.32 Å². The maximum Gasteiger partial charge on any atom is 0.323 e. The van der Waals surface area contributed by atoms with Gasteiger partial charge in [0.15, 0.2) is 9.84 Å². The summed E-state index contributed by atoms with van der Waals surface area (Å²) >= 11 is 0. The molecule has 2 atom stereocenters. The van der Waals surface area contributed by atoms with E-state index in [0.29, 0.717) is 12.8 Å². The summed E-state index contributed by atoms with van der Waals surface area (Å²) in [6, 6.07) is -0.846. The number of aliphatic carboxylic acids is 1. The van der Waals surface area contributed by atoms with Crippen molar-refractivity contribution in [2.45, 2.75) is 24.1 Å². The highest BCUT2D eigenvalue weighted by molar-refractivity contribution is 7.92. The van der Waals surface area contributed by atoms with E-state index < -0.39 is 27.1 Å². The average molecular weight is 251 g/mol. The van der Waals surface area contributed by atoms with E-state index in [4.69, 9.17) is 9.84 Å². The first kappa shape index (κ1) is 13.4. The van der Waals surface area contributed by atoms with Crippen LogP contribution in [0, 0.1) is 0 Å². The number of rotatable bonds is 6. The van der Waals surface area contributed by atoms with E-state index in [-0.39, 0.29) is 18.9 Å². The van der Waals surface area contributed by atoms with Gasteiger partial charge in [0.1, 0.15) is 6.04 Å². The molecule has 0 aromatic rings. The van der Waals surface area contributed by atoms with Crippen molar-refractivity contribution in [3.05, 3.63) is 0 Å². The van der Waals surface area contributed by atoms with E-state index in [1.165, 1.54) is 7.11 Å². The van der Waals surface area contributed by atoms with E-state index in [1.807, 2.05) is 0 Å². The van der Waals surface area contributed by atoms with Crippen molar-refractivity contribution in [3.63, 3.8) is 0 Å². The molecule has 1 heterocycles. The molecule has 1 fully saturated rings. The summed E-state index contributed by atoms with van der Waals surface area (Å²) < 4.78 is 27.7. The lowest BCUT2D eigenvalue weighted by Gasteiger charge is -2.16. The number of hydrogen-bond donors (Lipinski definition) is 2. The summed E-state index contributed by atoms with van der Waals surface area (Å²) in [6.45, 7) is 0.213. The number of hydrogen-bond acceptors (Lipinski definition) is 5. The largest absolute Gasteiger partial charge is 0.480 e. The first-order valence-electron chi connectivity index (χ1n) is 5.14. The summed E-state index contributed by atoms with van der Waals surface area (Å²) in [7, 11) is -1.61. The molecular formula is C9H17NO5S. The average Bonchev–Trinajstić information content (AvgIpc) is 2.52. The fourth-order valence-corrected chi connectivity index (χ4v) is 3.52. The summed E-state index contributed by atoms with van der Waals surface area (Å²) in [6.07, 6.45) is 1.27. The predicted octanol–water partition coefficient (Wildman–Crippen LogP) is -0.747. The third-order valence-corrected chi connectivity index (χ3v) is 4.96. The Morgan fingerprint density at radius 1 is 1.62 bits per heavy atom. The molecule has 0 spiro atoms. The van der Waals surface area contributed by atoms with Gasteiger partial charge in [-0.05, 0) is 12.8 Å². The Balaban J connectivity index is 2.46. The van der Waals surface area contributed by atoms with Crippen LogP contribution in [0.15, 0.2) is 0 Å². The summed E-state index contributed by atoms with van der Waals surface area (Å²) in [4.78, 5) is 10.8. The maximum atomic E-state index is 11.5. The zero-order valence-electron chi connectivity index (χ0n) is 9.18. The molecule has 0 saturated carbocycles. The molecule has 0 amide bonds. The van der Waals surface area contributed by atoms with Crippen molar-refractivity contribution in [2.24, 2.45) is 0 Å². The standard InChI is InChI=1S/C9H17NO5S/c1-15-6-8(9(11)12)10-5-7-3-2-4-16(7,13)14/h7-8,10H,2-6H2,1H3,(H,11,12). The van der Waals surface area contributed by atoms with Crippen molar-refractivity contribution in [2.75, 3.05) is 26.0 Å². The minimum absolute atomic E-state index is 0.0299. The van der Waals surface area contributed by atoms with Crippen LogP contribution >= 0.6 is 0 Å². The lowest BCUT2D eigenvalue weighted by Crippen LogP contribution is -2.44. The van der Waals surface area contributed by atoms with Crippen LogP contribution in [0.1, 0.15) is 12.8 Å². The molecule has 1 aliphatic heterocycles. The molecule has 7 heteroatoms.